The zero-order chi connectivity index (χ0) is 15.6. The van der Waals surface area contributed by atoms with E-state index >= 15 is 0 Å². The number of hydrogen-bond acceptors (Lipinski definition) is 4. The van der Waals surface area contributed by atoms with Crippen molar-refractivity contribution in [2.24, 2.45) is 0 Å². The second kappa shape index (κ2) is 6.18. The zero-order valence-corrected chi connectivity index (χ0v) is 13.6. The molecule has 2 aromatic rings. The number of thiophene rings is 1. The maximum absolute atomic E-state index is 12.5. The van der Waals surface area contributed by atoms with Gasteiger partial charge in [0.05, 0.1) is 17.7 Å². The number of benzene rings is 1. The van der Waals surface area contributed by atoms with Gasteiger partial charge in [0.2, 0.25) is 0 Å². The van der Waals surface area contributed by atoms with Crippen molar-refractivity contribution >= 4 is 22.2 Å². The van der Waals surface area contributed by atoms with E-state index in [1.807, 2.05) is 24.3 Å². The third-order valence-electron chi connectivity index (χ3n) is 3.33. The van der Waals surface area contributed by atoms with Crippen molar-refractivity contribution in [2.45, 2.75) is 13.3 Å². The molecule has 1 heterocycles. The highest BCUT2D eigenvalue weighted by Crippen LogP contribution is 2.42. The summed E-state index contributed by atoms with van der Waals surface area (Å²) in [6.45, 7) is 2.06. The second-order valence-corrected chi connectivity index (χ2v) is 6.03. The quantitative estimate of drug-likeness (QED) is 0.943. The smallest absolute Gasteiger partial charge is 0.256 e. The minimum absolute atomic E-state index is 0.0793. The van der Waals surface area contributed by atoms with Gasteiger partial charge in [-0.1, -0.05) is 25.1 Å². The topological polar surface area (TPSA) is 55.6 Å². The summed E-state index contributed by atoms with van der Waals surface area (Å²) in [7, 11) is 5.10. The van der Waals surface area contributed by atoms with Gasteiger partial charge in [-0.15, -0.1) is 11.3 Å². The third-order valence-corrected chi connectivity index (χ3v) is 4.49. The Morgan fingerprint density at radius 1 is 1.33 bits per heavy atom. The van der Waals surface area contributed by atoms with Crippen molar-refractivity contribution in [1.29, 1.82) is 0 Å². The van der Waals surface area contributed by atoms with Crippen molar-refractivity contribution in [2.75, 3.05) is 26.9 Å². The number of rotatable bonds is 4. The summed E-state index contributed by atoms with van der Waals surface area (Å²) in [5.74, 6) is 0.669. The van der Waals surface area contributed by atoms with Crippen LogP contribution >= 0.6 is 11.3 Å². The minimum atomic E-state index is -0.0793. The van der Waals surface area contributed by atoms with Gasteiger partial charge in [-0.3, -0.25) is 4.79 Å². The van der Waals surface area contributed by atoms with Gasteiger partial charge in [-0.05, 0) is 12.5 Å². The van der Waals surface area contributed by atoms with Crippen LogP contribution in [0, 0.1) is 0 Å². The molecule has 4 nitrogen and oxygen atoms in total. The number of carbonyl (C=O) groups is 1. The molecule has 0 atom stereocenters. The molecule has 2 rings (SSSR count). The van der Waals surface area contributed by atoms with Crippen molar-refractivity contribution in [3.05, 3.63) is 34.7 Å². The summed E-state index contributed by atoms with van der Waals surface area (Å²) >= 11 is 1.48. The van der Waals surface area contributed by atoms with Gasteiger partial charge in [0.15, 0.2) is 0 Å². The van der Waals surface area contributed by atoms with E-state index in [0.717, 1.165) is 28.2 Å². The largest absolute Gasteiger partial charge is 0.496 e. The lowest BCUT2D eigenvalue weighted by Gasteiger charge is -2.14. The van der Waals surface area contributed by atoms with Crippen LogP contribution in [0.15, 0.2) is 24.3 Å². The Morgan fingerprint density at radius 2 is 2.00 bits per heavy atom. The fourth-order valence-electron chi connectivity index (χ4n) is 2.32. The number of ether oxygens (including phenoxy) is 1. The van der Waals surface area contributed by atoms with Gasteiger partial charge in [0, 0.05) is 30.1 Å². The average Bonchev–Trinajstić information content (AvgIpc) is 2.82. The number of nitrogens with two attached hydrogens (primary N) is 1. The molecule has 2 N–H and O–H groups in total. The monoisotopic (exact) mass is 304 g/mol. The molecule has 0 spiro atoms. The SMILES string of the molecule is CCc1sc(N)c(C(=O)N(C)C)c1-c1ccccc1OC. The first kappa shape index (κ1) is 15.4. The first-order valence-electron chi connectivity index (χ1n) is 6.77. The van der Waals surface area contributed by atoms with E-state index in [-0.39, 0.29) is 5.91 Å². The molecule has 0 radical (unpaired) electrons. The molecule has 1 aromatic carbocycles. The number of carbonyl (C=O) groups excluding carboxylic acids is 1. The van der Waals surface area contributed by atoms with E-state index in [9.17, 15) is 4.79 Å². The van der Waals surface area contributed by atoms with Crippen LogP contribution in [0.5, 0.6) is 5.75 Å². The molecule has 1 aromatic heterocycles. The van der Waals surface area contributed by atoms with Gasteiger partial charge < -0.3 is 15.4 Å². The number of nitrogen functional groups attached to an aromatic ring is 1. The molecular weight excluding hydrogens is 284 g/mol. The summed E-state index contributed by atoms with van der Waals surface area (Å²) < 4.78 is 5.44. The fraction of sp³-hybridized carbons (Fsp3) is 0.312. The second-order valence-electron chi connectivity index (χ2n) is 4.89. The molecule has 0 aliphatic heterocycles. The van der Waals surface area contributed by atoms with Gasteiger partial charge in [0.1, 0.15) is 5.75 Å². The molecule has 0 aliphatic rings. The molecule has 0 unspecified atom stereocenters. The summed E-state index contributed by atoms with van der Waals surface area (Å²) in [4.78, 5) is 15.2. The van der Waals surface area contributed by atoms with Crippen LogP contribution < -0.4 is 10.5 Å². The van der Waals surface area contributed by atoms with E-state index < -0.39 is 0 Å². The molecule has 0 aliphatic carbocycles. The van der Waals surface area contributed by atoms with Crippen LogP contribution in [0.4, 0.5) is 5.00 Å². The molecule has 5 heteroatoms. The lowest BCUT2D eigenvalue weighted by Crippen LogP contribution is -2.22. The fourth-order valence-corrected chi connectivity index (χ4v) is 3.33. The minimum Gasteiger partial charge on any atom is -0.496 e. The average molecular weight is 304 g/mol. The Balaban J connectivity index is 2.75. The maximum Gasteiger partial charge on any atom is 0.256 e. The van der Waals surface area contributed by atoms with Crippen LogP contribution in [-0.4, -0.2) is 32.0 Å². The highest BCUT2D eigenvalue weighted by atomic mass is 32.1. The van der Waals surface area contributed by atoms with Crippen LogP contribution in [0.25, 0.3) is 11.1 Å². The first-order valence-corrected chi connectivity index (χ1v) is 7.59. The predicted molar refractivity (Wildman–Crippen MR) is 88.1 cm³/mol. The van der Waals surface area contributed by atoms with Gasteiger partial charge >= 0.3 is 0 Å². The van der Waals surface area contributed by atoms with Crippen LogP contribution in [0.3, 0.4) is 0 Å². The molecule has 0 fully saturated rings. The molecular formula is C16H20N2O2S. The van der Waals surface area contributed by atoms with Gasteiger partial charge in [-0.2, -0.15) is 0 Å². The zero-order valence-electron chi connectivity index (χ0n) is 12.8. The van der Waals surface area contributed by atoms with E-state index in [0.29, 0.717) is 10.6 Å². The highest BCUT2D eigenvalue weighted by molar-refractivity contribution is 7.17. The Labute approximate surface area is 129 Å². The number of para-hydroxylation sites is 1. The molecule has 1 amide bonds. The number of methoxy groups -OCH3 is 1. The lowest BCUT2D eigenvalue weighted by atomic mass is 9.98. The molecule has 112 valence electrons. The van der Waals surface area contributed by atoms with Gasteiger partial charge in [-0.25, -0.2) is 0 Å². The molecule has 0 saturated heterocycles. The normalized spacial score (nSPS) is 10.5. The Bertz CT molecular complexity index is 662. The number of amides is 1. The first-order chi connectivity index (χ1) is 10.0. The van der Waals surface area contributed by atoms with Crippen LogP contribution in [0.1, 0.15) is 22.2 Å². The molecule has 0 bridgehead atoms. The van der Waals surface area contributed by atoms with E-state index in [1.165, 1.54) is 11.3 Å². The Morgan fingerprint density at radius 3 is 2.57 bits per heavy atom. The van der Waals surface area contributed by atoms with Crippen molar-refractivity contribution in [3.63, 3.8) is 0 Å². The van der Waals surface area contributed by atoms with E-state index in [2.05, 4.69) is 6.92 Å². The number of aryl methyl sites for hydroxylation is 1. The third kappa shape index (κ3) is 2.74. The summed E-state index contributed by atoms with van der Waals surface area (Å²) in [6, 6.07) is 7.71. The van der Waals surface area contributed by atoms with Crippen molar-refractivity contribution in [1.82, 2.24) is 4.90 Å². The summed E-state index contributed by atoms with van der Waals surface area (Å²) in [6.07, 6.45) is 0.822. The Kier molecular flexibility index (Phi) is 4.53. The van der Waals surface area contributed by atoms with Crippen molar-refractivity contribution < 1.29 is 9.53 Å². The van der Waals surface area contributed by atoms with Crippen LogP contribution in [0.2, 0.25) is 0 Å². The maximum atomic E-state index is 12.5. The van der Waals surface area contributed by atoms with Gasteiger partial charge in [0.25, 0.3) is 5.91 Å². The number of anilines is 1. The Hall–Kier alpha value is -2.01. The standard InChI is InChI=1S/C16H20N2O2S/c1-5-12-13(10-8-6-7-9-11(10)20-4)14(15(17)21-12)16(19)18(2)3/h6-9H,5,17H2,1-4H3. The molecule has 0 saturated carbocycles. The van der Waals surface area contributed by atoms with Crippen LogP contribution in [-0.2, 0) is 6.42 Å². The molecule has 21 heavy (non-hydrogen) atoms. The van der Waals surface area contributed by atoms with E-state index in [1.54, 1.807) is 26.1 Å². The van der Waals surface area contributed by atoms with E-state index in [4.69, 9.17) is 10.5 Å². The number of hydrogen-bond donors (Lipinski definition) is 1. The summed E-state index contributed by atoms with van der Waals surface area (Å²) in [5, 5.41) is 0.562. The summed E-state index contributed by atoms with van der Waals surface area (Å²) in [5.41, 5.74) is 8.50. The highest BCUT2D eigenvalue weighted by Gasteiger charge is 2.25. The van der Waals surface area contributed by atoms with Crippen molar-refractivity contribution in [3.8, 4) is 16.9 Å². The lowest BCUT2D eigenvalue weighted by molar-refractivity contribution is 0.0829. The predicted octanol–water partition coefficient (Wildman–Crippen LogP) is 3.27. The number of nitrogens with zero attached hydrogens (tertiary/aromatic N) is 1.